The summed E-state index contributed by atoms with van der Waals surface area (Å²) in [6.45, 7) is 6.67. The molecule has 0 fully saturated rings. The average molecular weight is 944 g/mol. The van der Waals surface area contributed by atoms with Crippen LogP contribution in [0.5, 0.6) is 0 Å². The van der Waals surface area contributed by atoms with Gasteiger partial charge in [-0.05, 0) is 70.6 Å². The van der Waals surface area contributed by atoms with Crippen LogP contribution >= 0.6 is 0 Å². The van der Waals surface area contributed by atoms with Gasteiger partial charge in [-0.3, -0.25) is 14.4 Å². The zero-order valence-corrected chi connectivity index (χ0v) is 45.2. The Balaban J connectivity index is 4.32. The van der Waals surface area contributed by atoms with E-state index < -0.39 is 6.10 Å². The van der Waals surface area contributed by atoms with Crippen molar-refractivity contribution in [2.45, 2.75) is 335 Å². The highest BCUT2D eigenvalue weighted by Crippen LogP contribution is 2.17. The van der Waals surface area contributed by atoms with Crippen molar-refractivity contribution in [1.29, 1.82) is 0 Å². The van der Waals surface area contributed by atoms with Gasteiger partial charge in [0.15, 0.2) is 6.10 Å². The minimum absolute atomic E-state index is 0.0689. The lowest BCUT2D eigenvalue weighted by atomic mass is 10.0. The molecule has 0 amide bonds. The van der Waals surface area contributed by atoms with E-state index in [1.807, 2.05) is 0 Å². The minimum Gasteiger partial charge on any atom is -0.462 e. The molecular weight excluding hydrogens is 829 g/mol. The predicted octanol–water partition coefficient (Wildman–Crippen LogP) is 19.9. The van der Waals surface area contributed by atoms with Crippen molar-refractivity contribution in [1.82, 2.24) is 0 Å². The minimum atomic E-state index is -0.770. The summed E-state index contributed by atoms with van der Waals surface area (Å²) >= 11 is 0. The molecule has 6 heteroatoms. The zero-order chi connectivity index (χ0) is 48.6. The number of hydrogen-bond donors (Lipinski definition) is 0. The summed E-state index contributed by atoms with van der Waals surface area (Å²) in [7, 11) is 0. The highest BCUT2D eigenvalue weighted by Gasteiger charge is 2.19. The van der Waals surface area contributed by atoms with Gasteiger partial charge < -0.3 is 14.2 Å². The van der Waals surface area contributed by atoms with Crippen molar-refractivity contribution in [3.05, 3.63) is 24.3 Å². The van der Waals surface area contributed by atoms with Crippen LogP contribution in [0.2, 0.25) is 0 Å². The number of carbonyl (C=O) groups is 3. The third-order valence-electron chi connectivity index (χ3n) is 13.4. The van der Waals surface area contributed by atoms with Gasteiger partial charge in [-0.25, -0.2) is 0 Å². The third kappa shape index (κ3) is 54.7. The van der Waals surface area contributed by atoms with Crippen LogP contribution in [0, 0.1) is 0 Å². The van der Waals surface area contributed by atoms with Crippen LogP contribution in [-0.4, -0.2) is 37.2 Å². The number of ether oxygens (including phenoxy) is 3. The van der Waals surface area contributed by atoms with Crippen molar-refractivity contribution < 1.29 is 28.6 Å². The van der Waals surface area contributed by atoms with E-state index in [0.717, 1.165) is 57.8 Å². The van der Waals surface area contributed by atoms with Crippen molar-refractivity contribution >= 4 is 17.9 Å². The molecule has 1 atom stereocenters. The molecule has 0 spiro atoms. The van der Waals surface area contributed by atoms with Crippen molar-refractivity contribution in [3.63, 3.8) is 0 Å². The van der Waals surface area contributed by atoms with Crippen LogP contribution in [0.1, 0.15) is 329 Å². The molecule has 0 rings (SSSR count). The summed E-state index contributed by atoms with van der Waals surface area (Å²) in [5, 5.41) is 0. The first-order valence-corrected chi connectivity index (χ1v) is 29.8. The number of unbranched alkanes of at least 4 members (excludes halogenated alkanes) is 40. The molecule has 0 radical (unpaired) electrons. The summed E-state index contributed by atoms with van der Waals surface area (Å²) in [5.74, 6) is -0.854. The summed E-state index contributed by atoms with van der Waals surface area (Å²) in [6.07, 6.45) is 65.9. The number of carbonyl (C=O) groups excluding carboxylic acids is 3. The first kappa shape index (κ1) is 64.9. The Morgan fingerprint density at radius 3 is 0.761 bits per heavy atom. The predicted molar refractivity (Wildman–Crippen MR) is 289 cm³/mol. The number of allylic oxidation sites excluding steroid dienone is 4. The normalized spacial score (nSPS) is 12.1. The summed E-state index contributed by atoms with van der Waals surface area (Å²) in [5.41, 5.74) is 0. The molecule has 0 aliphatic carbocycles. The second-order valence-electron chi connectivity index (χ2n) is 20.3. The molecular formula is C61H114O6. The molecule has 0 N–H and O–H groups in total. The molecule has 0 unspecified atom stereocenters. The second kappa shape index (κ2) is 56.5. The van der Waals surface area contributed by atoms with E-state index in [1.54, 1.807) is 0 Å². The van der Waals surface area contributed by atoms with E-state index >= 15 is 0 Å². The van der Waals surface area contributed by atoms with Gasteiger partial charge in [0, 0.05) is 19.3 Å². The number of hydrogen-bond acceptors (Lipinski definition) is 6. The maximum absolute atomic E-state index is 12.9. The SMILES string of the molecule is CCCCCC/C=C/CCCCCCCCCC(=O)O[C@@H](COC(=O)CCCCCCCCCCC/C=C/CCCCCCCC)COC(=O)CCCCCCCCCCCCCCCCC. The monoisotopic (exact) mass is 943 g/mol. The summed E-state index contributed by atoms with van der Waals surface area (Å²) < 4.78 is 16.9. The Kier molecular flexibility index (Phi) is 54.7. The van der Waals surface area contributed by atoms with E-state index in [4.69, 9.17) is 14.2 Å². The lowest BCUT2D eigenvalue weighted by Crippen LogP contribution is -2.30. The lowest BCUT2D eigenvalue weighted by Gasteiger charge is -2.18. The molecule has 394 valence electrons. The first-order valence-electron chi connectivity index (χ1n) is 29.8. The van der Waals surface area contributed by atoms with Gasteiger partial charge in [0.1, 0.15) is 13.2 Å². The molecule has 0 saturated carbocycles. The Bertz CT molecular complexity index is 1080. The van der Waals surface area contributed by atoms with Crippen molar-refractivity contribution in [3.8, 4) is 0 Å². The molecule has 0 aliphatic rings. The summed E-state index contributed by atoms with van der Waals surface area (Å²) in [4.78, 5) is 38.2. The zero-order valence-electron chi connectivity index (χ0n) is 45.2. The second-order valence-corrected chi connectivity index (χ2v) is 20.3. The van der Waals surface area contributed by atoms with E-state index in [2.05, 4.69) is 45.1 Å². The van der Waals surface area contributed by atoms with Gasteiger partial charge in [0.2, 0.25) is 0 Å². The quantitative estimate of drug-likeness (QED) is 0.0262. The van der Waals surface area contributed by atoms with Gasteiger partial charge in [-0.15, -0.1) is 0 Å². The Morgan fingerprint density at radius 2 is 0.493 bits per heavy atom. The van der Waals surface area contributed by atoms with Gasteiger partial charge in [0.05, 0.1) is 0 Å². The number of rotatable bonds is 55. The Morgan fingerprint density at radius 1 is 0.284 bits per heavy atom. The fourth-order valence-electron chi connectivity index (χ4n) is 8.91. The van der Waals surface area contributed by atoms with Gasteiger partial charge in [-0.1, -0.05) is 263 Å². The van der Waals surface area contributed by atoms with Crippen LogP contribution in [0.25, 0.3) is 0 Å². The van der Waals surface area contributed by atoms with Crippen LogP contribution in [-0.2, 0) is 28.6 Å². The van der Waals surface area contributed by atoms with Crippen LogP contribution in [0.4, 0.5) is 0 Å². The molecule has 0 bridgehead atoms. The van der Waals surface area contributed by atoms with Gasteiger partial charge in [-0.2, -0.15) is 0 Å². The largest absolute Gasteiger partial charge is 0.462 e. The van der Waals surface area contributed by atoms with Crippen molar-refractivity contribution in [2.24, 2.45) is 0 Å². The lowest BCUT2D eigenvalue weighted by molar-refractivity contribution is -0.167. The Hall–Kier alpha value is -2.11. The highest BCUT2D eigenvalue weighted by atomic mass is 16.6. The van der Waals surface area contributed by atoms with E-state index in [-0.39, 0.29) is 31.1 Å². The number of esters is 3. The van der Waals surface area contributed by atoms with E-state index in [0.29, 0.717) is 19.3 Å². The third-order valence-corrected chi connectivity index (χ3v) is 13.4. The van der Waals surface area contributed by atoms with Gasteiger partial charge >= 0.3 is 17.9 Å². The molecule has 0 aliphatic heterocycles. The van der Waals surface area contributed by atoms with Crippen LogP contribution in [0.3, 0.4) is 0 Å². The molecule has 0 aromatic heterocycles. The van der Waals surface area contributed by atoms with Crippen molar-refractivity contribution in [2.75, 3.05) is 13.2 Å². The maximum Gasteiger partial charge on any atom is 0.306 e. The topological polar surface area (TPSA) is 78.9 Å². The summed E-state index contributed by atoms with van der Waals surface area (Å²) in [6, 6.07) is 0. The Labute approximate surface area is 417 Å². The van der Waals surface area contributed by atoms with Crippen LogP contribution in [0.15, 0.2) is 24.3 Å². The molecule has 6 nitrogen and oxygen atoms in total. The molecule has 0 heterocycles. The smallest absolute Gasteiger partial charge is 0.306 e. The molecule has 0 saturated heterocycles. The standard InChI is InChI=1S/C61H114O6/c1-4-7-10-13-16-19-22-25-28-29-30-31-34-36-39-42-45-48-51-54-60(63)66-57-58(67-61(64)55-52-49-46-43-40-37-33-27-24-21-18-15-12-9-6-3)56-65-59(62)53-50-47-44-41-38-35-32-26-23-20-17-14-11-8-5-2/h21,24-25,28,58H,4-20,22-23,26-27,29-57H2,1-3H3/b24-21+,28-25+/t58-/m1/s1. The average Bonchev–Trinajstić information content (AvgIpc) is 3.33. The molecule has 67 heavy (non-hydrogen) atoms. The fraction of sp³-hybridized carbons (Fsp3) is 0.885. The fourth-order valence-corrected chi connectivity index (χ4v) is 8.91. The van der Waals surface area contributed by atoms with E-state index in [1.165, 1.54) is 231 Å². The van der Waals surface area contributed by atoms with Crippen LogP contribution < -0.4 is 0 Å². The molecule has 0 aromatic rings. The van der Waals surface area contributed by atoms with E-state index in [9.17, 15) is 14.4 Å². The first-order chi connectivity index (χ1) is 33.0. The molecule has 0 aromatic carbocycles. The maximum atomic E-state index is 12.9. The highest BCUT2D eigenvalue weighted by molar-refractivity contribution is 5.71. The van der Waals surface area contributed by atoms with Gasteiger partial charge in [0.25, 0.3) is 0 Å².